The average molecular weight is 280 g/mol. The Labute approximate surface area is 127 Å². The average Bonchev–Trinajstić information content (AvgIpc) is 2.98. The smallest absolute Gasteiger partial charge is 0.0419 e. The van der Waals surface area contributed by atoms with E-state index in [1.54, 1.807) is 0 Å². The summed E-state index contributed by atoms with van der Waals surface area (Å²) in [6.45, 7) is 3.26. The van der Waals surface area contributed by atoms with Crippen molar-refractivity contribution in [2.45, 2.75) is 25.8 Å². The number of anilines is 1. The summed E-state index contributed by atoms with van der Waals surface area (Å²) in [5.74, 6) is 0. The van der Waals surface area contributed by atoms with Crippen molar-refractivity contribution in [2.24, 2.45) is 0 Å². The van der Waals surface area contributed by atoms with Gasteiger partial charge in [0.05, 0.1) is 0 Å². The van der Waals surface area contributed by atoms with Crippen LogP contribution in [0.15, 0.2) is 48.5 Å². The zero-order valence-corrected chi connectivity index (χ0v) is 12.8. The van der Waals surface area contributed by atoms with Crippen LogP contribution in [0.2, 0.25) is 0 Å². The molecule has 0 unspecified atom stereocenters. The minimum atomic E-state index is 1.03. The summed E-state index contributed by atoms with van der Waals surface area (Å²) in [6, 6.07) is 17.5. The molecule has 2 aromatic carbocycles. The van der Waals surface area contributed by atoms with E-state index >= 15 is 0 Å². The summed E-state index contributed by atoms with van der Waals surface area (Å²) in [5.41, 5.74) is 5.73. The van der Waals surface area contributed by atoms with Crippen LogP contribution >= 0.6 is 0 Å². The normalized spacial score (nSPS) is 13.2. The van der Waals surface area contributed by atoms with Crippen molar-refractivity contribution in [3.63, 3.8) is 0 Å². The van der Waals surface area contributed by atoms with Gasteiger partial charge in [-0.25, -0.2) is 0 Å². The van der Waals surface area contributed by atoms with E-state index in [2.05, 4.69) is 65.8 Å². The van der Waals surface area contributed by atoms with Crippen molar-refractivity contribution in [2.75, 3.05) is 25.5 Å². The molecule has 1 aliphatic rings. The zero-order chi connectivity index (χ0) is 14.5. The monoisotopic (exact) mass is 280 g/mol. The van der Waals surface area contributed by atoms with E-state index < -0.39 is 0 Å². The molecule has 110 valence electrons. The molecule has 0 aliphatic carbocycles. The van der Waals surface area contributed by atoms with E-state index in [9.17, 15) is 0 Å². The van der Waals surface area contributed by atoms with Gasteiger partial charge in [-0.15, -0.1) is 0 Å². The molecule has 21 heavy (non-hydrogen) atoms. The third-order valence-electron chi connectivity index (χ3n) is 4.22. The number of nitrogens with one attached hydrogen (secondary N) is 1. The first kappa shape index (κ1) is 14.2. The van der Waals surface area contributed by atoms with Gasteiger partial charge in [0.1, 0.15) is 0 Å². The molecule has 1 N–H and O–H groups in total. The number of hydrogen-bond acceptors (Lipinski definition) is 2. The highest BCUT2D eigenvalue weighted by atomic mass is 15.1. The lowest BCUT2D eigenvalue weighted by molar-refractivity contribution is 0.322. The highest BCUT2D eigenvalue weighted by molar-refractivity contribution is 5.61. The fourth-order valence-electron chi connectivity index (χ4n) is 3.11. The lowest BCUT2D eigenvalue weighted by Gasteiger charge is -2.18. The van der Waals surface area contributed by atoms with E-state index in [0.717, 1.165) is 26.1 Å². The summed E-state index contributed by atoms with van der Waals surface area (Å²) < 4.78 is 0. The van der Waals surface area contributed by atoms with E-state index in [1.807, 2.05) is 0 Å². The summed E-state index contributed by atoms with van der Waals surface area (Å²) in [6.07, 6.45) is 3.54. The quantitative estimate of drug-likeness (QED) is 0.867. The Morgan fingerprint density at radius 1 is 1.05 bits per heavy atom. The van der Waals surface area contributed by atoms with Gasteiger partial charge in [0.25, 0.3) is 0 Å². The molecular weight excluding hydrogens is 256 g/mol. The first-order valence-corrected chi connectivity index (χ1v) is 7.90. The third kappa shape index (κ3) is 3.64. The van der Waals surface area contributed by atoms with E-state index in [0.29, 0.717) is 0 Å². The molecule has 0 spiro atoms. The van der Waals surface area contributed by atoms with Crippen molar-refractivity contribution in [1.29, 1.82) is 0 Å². The second kappa shape index (κ2) is 6.77. The molecule has 2 heteroatoms. The van der Waals surface area contributed by atoms with Gasteiger partial charge >= 0.3 is 0 Å². The maximum absolute atomic E-state index is 3.53. The van der Waals surface area contributed by atoms with Crippen LogP contribution in [-0.2, 0) is 19.4 Å². The molecule has 1 heterocycles. The Morgan fingerprint density at radius 3 is 2.76 bits per heavy atom. The van der Waals surface area contributed by atoms with Crippen molar-refractivity contribution in [3.05, 3.63) is 65.2 Å². The fraction of sp³-hybridized carbons (Fsp3) is 0.368. The van der Waals surface area contributed by atoms with Crippen LogP contribution in [0.5, 0.6) is 0 Å². The summed E-state index contributed by atoms with van der Waals surface area (Å²) in [5, 5.41) is 3.53. The molecule has 0 aromatic heterocycles. The molecule has 0 saturated heterocycles. The van der Waals surface area contributed by atoms with Gasteiger partial charge in [0.15, 0.2) is 0 Å². The van der Waals surface area contributed by atoms with Gasteiger partial charge in [-0.05, 0) is 49.5 Å². The lowest BCUT2D eigenvalue weighted by atomic mass is 10.1. The Kier molecular flexibility index (Phi) is 4.56. The van der Waals surface area contributed by atoms with Gasteiger partial charge in [0, 0.05) is 18.8 Å². The number of aryl methyl sites for hydroxylation is 1. The zero-order valence-electron chi connectivity index (χ0n) is 12.8. The van der Waals surface area contributed by atoms with Crippen LogP contribution in [0, 0.1) is 0 Å². The van der Waals surface area contributed by atoms with Gasteiger partial charge in [0.2, 0.25) is 0 Å². The van der Waals surface area contributed by atoms with Gasteiger partial charge in [-0.1, -0.05) is 48.5 Å². The molecule has 0 saturated carbocycles. The summed E-state index contributed by atoms with van der Waals surface area (Å²) in [4.78, 5) is 2.43. The molecule has 3 rings (SSSR count). The molecule has 0 bridgehead atoms. The predicted octanol–water partition coefficient (Wildman–Crippen LogP) is 3.72. The second-order valence-electron chi connectivity index (χ2n) is 5.95. The van der Waals surface area contributed by atoms with Crippen LogP contribution in [0.1, 0.15) is 23.1 Å². The maximum Gasteiger partial charge on any atom is 0.0419 e. The predicted molar refractivity (Wildman–Crippen MR) is 89.7 cm³/mol. The number of benzene rings is 2. The number of hydrogen-bond donors (Lipinski definition) is 1. The maximum atomic E-state index is 3.53. The molecule has 2 aromatic rings. The molecule has 0 fully saturated rings. The largest absolute Gasteiger partial charge is 0.384 e. The summed E-state index contributed by atoms with van der Waals surface area (Å²) in [7, 11) is 2.22. The molecule has 0 amide bonds. The molecule has 1 aliphatic heterocycles. The molecular formula is C19H24N2. The van der Waals surface area contributed by atoms with Crippen LogP contribution < -0.4 is 5.32 Å². The first-order chi connectivity index (χ1) is 10.3. The first-order valence-electron chi connectivity index (χ1n) is 7.90. The van der Waals surface area contributed by atoms with Crippen molar-refractivity contribution < 1.29 is 0 Å². The topological polar surface area (TPSA) is 15.3 Å². The molecule has 0 radical (unpaired) electrons. The third-order valence-corrected chi connectivity index (χ3v) is 4.22. The van der Waals surface area contributed by atoms with Crippen LogP contribution in [0.4, 0.5) is 5.69 Å². The standard InChI is InChI=1S/C19H24N2/c1-21(14-6-9-16-7-3-2-4-8-16)15-18-11-5-10-17-12-13-20-19(17)18/h2-5,7-8,10-11,20H,6,9,12-15H2,1H3. The van der Waals surface area contributed by atoms with Gasteiger partial charge in [-0.3, -0.25) is 0 Å². The number of para-hydroxylation sites is 1. The highest BCUT2D eigenvalue weighted by Gasteiger charge is 2.14. The van der Waals surface area contributed by atoms with Crippen molar-refractivity contribution in [1.82, 2.24) is 4.90 Å². The number of rotatable bonds is 6. The molecule has 0 atom stereocenters. The van der Waals surface area contributed by atoms with Crippen molar-refractivity contribution >= 4 is 5.69 Å². The minimum Gasteiger partial charge on any atom is -0.384 e. The van der Waals surface area contributed by atoms with E-state index in [-0.39, 0.29) is 0 Å². The Morgan fingerprint density at radius 2 is 1.90 bits per heavy atom. The van der Waals surface area contributed by atoms with Crippen LogP contribution in [0.25, 0.3) is 0 Å². The summed E-state index contributed by atoms with van der Waals surface area (Å²) >= 11 is 0. The minimum absolute atomic E-state index is 1.03. The Bertz CT molecular complexity index is 577. The highest BCUT2D eigenvalue weighted by Crippen LogP contribution is 2.27. The van der Waals surface area contributed by atoms with Gasteiger partial charge in [-0.2, -0.15) is 0 Å². The fourth-order valence-corrected chi connectivity index (χ4v) is 3.11. The lowest BCUT2D eigenvalue weighted by Crippen LogP contribution is -2.20. The SMILES string of the molecule is CN(CCCc1ccccc1)Cc1cccc2c1NCC2. The molecule has 2 nitrogen and oxygen atoms in total. The van der Waals surface area contributed by atoms with Crippen LogP contribution in [-0.4, -0.2) is 25.0 Å². The van der Waals surface area contributed by atoms with E-state index in [1.165, 1.54) is 35.2 Å². The van der Waals surface area contributed by atoms with E-state index in [4.69, 9.17) is 0 Å². The number of nitrogens with zero attached hydrogens (tertiary/aromatic N) is 1. The van der Waals surface area contributed by atoms with Crippen LogP contribution in [0.3, 0.4) is 0 Å². The Balaban J connectivity index is 1.51. The second-order valence-corrected chi connectivity index (χ2v) is 5.95. The Hall–Kier alpha value is -1.80. The van der Waals surface area contributed by atoms with Gasteiger partial charge < -0.3 is 10.2 Å². The van der Waals surface area contributed by atoms with Crippen molar-refractivity contribution in [3.8, 4) is 0 Å². The number of fused-ring (bicyclic) bond motifs is 1.